The Kier molecular flexibility index (Phi) is 7.39. The third kappa shape index (κ3) is 5.52. The van der Waals surface area contributed by atoms with E-state index in [1.54, 1.807) is 18.2 Å². The Bertz CT molecular complexity index is 1300. The molecule has 2 aromatic heterocycles. The number of rotatable bonds is 9. The van der Waals surface area contributed by atoms with Crippen LogP contribution < -0.4 is 10.6 Å². The van der Waals surface area contributed by atoms with Crippen molar-refractivity contribution in [1.29, 1.82) is 0 Å². The molecule has 0 saturated carbocycles. The number of hydrogen-bond acceptors (Lipinski definition) is 7. The number of hydrogen-bond donors (Lipinski definition) is 2. The fourth-order valence-corrected chi connectivity index (χ4v) is 4.93. The van der Waals surface area contributed by atoms with Crippen molar-refractivity contribution in [2.75, 3.05) is 11.1 Å². The predicted molar refractivity (Wildman–Crippen MR) is 136 cm³/mol. The second-order valence-corrected chi connectivity index (χ2v) is 9.60. The van der Waals surface area contributed by atoms with Crippen molar-refractivity contribution in [3.8, 4) is 0 Å². The predicted octanol–water partition coefficient (Wildman–Crippen LogP) is 4.60. The highest BCUT2D eigenvalue weighted by atomic mass is 32.2. The number of nitrogens with one attached hydrogen (secondary N) is 2. The van der Waals surface area contributed by atoms with Crippen molar-refractivity contribution in [1.82, 2.24) is 25.1 Å². The molecule has 10 heteroatoms. The summed E-state index contributed by atoms with van der Waals surface area (Å²) in [7, 11) is 0. The minimum absolute atomic E-state index is 0.148. The summed E-state index contributed by atoms with van der Waals surface area (Å²) in [4.78, 5) is 29.5. The Morgan fingerprint density at radius 1 is 1.18 bits per heavy atom. The molecule has 0 radical (unpaired) electrons. The Morgan fingerprint density at radius 2 is 1.94 bits per heavy atom. The second-order valence-electron chi connectivity index (χ2n) is 7.62. The van der Waals surface area contributed by atoms with E-state index in [9.17, 15) is 9.59 Å². The third-order valence-electron chi connectivity index (χ3n) is 4.98. The van der Waals surface area contributed by atoms with Gasteiger partial charge in [0.2, 0.25) is 5.91 Å². The maximum Gasteiger partial charge on any atom is 0.251 e. The lowest BCUT2D eigenvalue weighted by molar-refractivity contribution is -0.113. The number of anilines is 1. The number of allylic oxidation sites excluding steroid dienone is 1. The molecule has 4 aromatic rings. The van der Waals surface area contributed by atoms with E-state index in [0.717, 1.165) is 15.8 Å². The maximum atomic E-state index is 12.6. The Hall–Kier alpha value is -3.50. The van der Waals surface area contributed by atoms with Gasteiger partial charge in [0.1, 0.15) is 0 Å². The normalized spacial score (nSPS) is 11.8. The number of amides is 2. The van der Waals surface area contributed by atoms with Crippen molar-refractivity contribution in [3.05, 3.63) is 78.1 Å². The zero-order chi connectivity index (χ0) is 24.1. The lowest BCUT2D eigenvalue weighted by atomic mass is 10.1. The van der Waals surface area contributed by atoms with E-state index in [1.807, 2.05) is 54.8 Å². The van der Waals surface area contributed by atoms with Crippen molar-refractivity contribution >= 4 is 50.3 Å². The Balaban J connectivity index is 1.40. The molecule has 0 aliphatic heterocycles. The molecule has 2 aromatic carbocycles. The van der Waals surface area contributed by atoms with E-state index in [-0.39, 0.29) is 23.6 Å². The summed E-state index contributed by atoms with van der Waals surface area (Å²) in [5.41, 5.74) is 2.52. The molecule has 2 N–H and O–H groups in total. The summed E-state index contributed by atoms with van der Waals surface area (Å²) in [6, 6.07) is 14.7. The molecule has 2 heterocycles. The van der Waals surface area contributed by atoms with Crippen LogP contribution in [0.3, 0.4) is 0 Å². The van der Waals surface area contributed by atoms with Gasteiger partial charge in [0, 0.05) is 12.1 Å². The van der Waals surface area contributed by atoms with Crippen LogP contribution in [0.15, 0.2) is 66.3 Å². The molecule has 1 unspecified atom stereocenters. The van der Waals surface area contributed by atoms with Crippen molar-refractivity contribution in [2.45, 2.75) is 31.6 Å². The molecular weight excluding hydrogens is 468 g/mol. The largest absolute Gasteiger partial charge is 0.342 e. The zero-order valence-corrected chi connectivity index (χ0v) is 20.4. The molecule has 2 amide bonds. The Labute approximate surface area is 205 Å². The highest BCUT2D eigenvalue weighted by Gasteiger charge is 2.20. The molecular formula is C24H24N6O2S2. The third-order valence-corrected chi connectivity index (χ3v) is 6.90. The summed E-state index contributed by atoms with van der Waals surface area (Å²) in [5.74, 6) is 0.369. The van der Waals surface area contributed by atoms with Crippen molar-refractivity contribution < 1.29 is 9.59 Å². The number of para-hydroxylation sites is 1. The number of fused-ring (bicyclic) bond motifs is 1. The molecule has 0 fully saturated rings. The minimum atomic E-state index is -0.382. The van der Waals surface area contributed by atoms with E-state index in [4.69, 9.17) is 0 Å². The van der Waals surface area contributed by atoms with E-state index in [1.165, 1.54) is 23.1 Å². The highest BCUT2D eigenvalue weighted by molar-refractivity contribution is 7.99. The van der Waals surface area contributed by atoms with Crippen LogP contribution in [0.25, 0.3) is 10.2 Å². The molecule has 34 heavy (non-hydrogen) atoms. The Morgan fingerprint density at radius 3 is 2.68 bits per heavy atom. The van der Waals surface area contributed by atoms with Crippen LogP contribution in [0.4, 0.5) is 5.13 Å². The smallest absolute Gasteiger partial charge is 0.251 e. The van der Waals surface area contributed by atoms with Crippen molar-refractivity contribution in [3.63, 3.8) is 0 Å². The van der Waals surface area contributed by atoms with Crippen LogP contribution in [0, 0.1) is 6.92 Å². The first-order valence-electron chi connectivity index (χ1n) is 10.6. The summed E-state index contributed by atoms with van der Waals surface area (Å²) >= 11 is 2.70. The summed E-state index contributed by atoms with van der Waals surface area (Å²) in [6.45, 7) is 8.08. The fourth-order valence-electron chi connectivity index (χ4n) is 3.29. The minimum Gasteiger partial charge on any atom is -0.342 e. The van der Waals surface area contributed by atoms with Gasteiger partial charge in [-0.1, -0.05) is 59.0 Å². The molecule has 0 spiro atoms. The standard InChI is InChI=1S/C24H24N6O2S2/c1-4-13-30-21(16(3)25-22(32)17-11-9-15(2)10-12-17)28-29-24(30)33-14-20(31)27-23-26-18-7-5-6-8-19(18)34-23/h4-12,16H,1,13-14H2,2-3H3,(H,25,32)(H,26,27,31). The topological polar surface area (TPSA) is 102 Å². The molecule has 8 nitrogen and oxygen atoms in total. The molecule has 1 atom stereocenters. The molecule has 4 rings (SSSR count). The van der Waals surface area contributed by atoms with E-state index in [2.05, 4.69) is 32.4 Å². The van der Waals surface area contributed by atoms with Gasteiger partial charge in [0.05, 0.1) is 22.0 Å². The van der Waals surface area contributed by atoms with Gasteiger partial charge >= 0.3 is 0 Å². The summed E-state index contributed by atoms with van der Waals surface area (Å²) < 4.78 is 2.87. The number of thiazole rings is 1. The van der Waals surface area contributed by atoms with Gasteiger partial charge in [-0.25, -0.2) is 4.98 Å². The fraction of sp³-hybridized carbons (Fsp3) is 0.208. The van der Waals surface area contributed by atoms with Gasteiger partial charge in [0.25, 0.3) is 5.91 Å². The van der Waals surface area contributed by atoms with Gasteiger partial charge in [-0.2, -0.15) is 0 Å². The van der Waals surface area contributed by atoms with Crippen LogP contribution in [-0.4, -0.2) is 37.3 Å². The number of carbonyl (C=O) groups is 2. The number of nitrogens with zero attached hydrogens (tertiary/aromatic N) is 4. The summed E-state index contributed by atoms with van der Waals surface area (Å²) in [6.07, 6.45) is 1.73. The first-order valence-corrected chi connectivity index (χ1v) is 12.4. The van der Waals surface area contributed by atoms with E-state index < -0.39 is 0 Å². The average Bonchev–Trinajstić information content (AvgIpc) is 3.41. The SMILES string of the molecule is C=CCn1c(SCC(=O)Nc2nc3ccccc3s2)nnc1C(C)NC(=O)c1ccc(C)cc1. The van der Waals surface area contributed by atoms with Crippen molar-refractivity contribution in [2.24, 2.45) is 0 Å². The number of carbonyl (C=O) groups excluding carboxylic acids is 2. The molecule has 0 saturated heterocycles. The van der Waals surface area contributed by atoms with Crippen LogP contribution in [0.5, 0.6) is 0 Å². The van der Waals surface area contributed by atoms with Crippen LogP contribution in [-0.2, 0) is 11.3 Å². The quantitative estimate of drug-likeness (QED) is 0.261. The molecule has 174 valence electrons. The highest BCUT2D eigenvalue weighted by Crippen LogP contribution is 2.26. The lowest BCUT2D eigenvalue weighted by Gasteiger charge is -2.15. The van der Waals surface area contributed by atoms with Gasteiger partial charge in [-0.3, -0.25) is 9.59 Å². The van der Waals surface area contributed by atoms with E-state index >= 15 is 0 Å². The van der Waals surface area contributed by atoms with Gasteiger partial charge < -0.3 is 15.2 Å². The van der Waals surface area contributed by atoms with Gasteiger partial charge in [-0.05, 0) is 38.1 Å². The van der Waals surface area contributed by atoms with Crippen LogP contribution in [0.2, 0.25) is 0 Å². The first-order chi connectivity index (χ1) is 16.4. The maximum absolute atomic E-state index is 12.6. The monoisotopic (exact) mass is 492 g/mol. The molecule has 0 bridgehead atoms. The van der Waals surface area contributed by atoms with Gasteiger partial charge in [0.15, 0.2) is 16.1 Å². The van der Waals surface area contributed by atoms with Gasteiger partial charge in [-0.15, -0.1) is 16.8 Å². The summed E-state index contributed by atoms with van der Waals surface area (Å²) in [5, 5.41) is 15.5. The van der Waals surface area contributed by atoms with Crippen LogP contribution in [0.1, 0.15) is 34.7 Å². The number of benzene rings is 2. The molecule has 0 aliphatic rings. The average molecular weight is 493 g/mol. The molecule has 0 aliphatic carbocycles. The first kappa shape index (κ1) is 23.7. The van der Waals surface area contributed by atoms with Crippen LogP contribution >= 0.6 is 23.1 Å². The lowest BCUT2D eigenvalue weighted by Crippen LogP contribution is -2.28. The second kappa shape index (κ2) is 10.6. The number of aromatic nitrogens is 4. The zero-order valence-electron chi connectivity index (χ0n) is 18.8. The number of aryl methyl sites for hydroxylation is 1. The van der Waals surface area contributed by atoms with E-state index in [0.29, 0.717) is 28.2 Å². The number of thioether (sulfide) groups is 1.